The van der Waals surface area contributed by atoms with E-state index in [9.17, 15) is 18.0 Å². The standard InChI is InChI=1S/C12H16F3N3OS/c1-17-3-4-18(2)8(7-17)5-9(19)10-6-16-11(20-10)12(13,14)15/h6,8H,3-5,7H2,1-2H3. The Hall–Kier alpha value is -0.990. The van der Waals surface area contributed by atoms with Gasteiger partial charge in [-0.1, -0.05) is 0 Å². The van der Waals surface area contributed by atoms with E-state index in [1.807, 2.05) is 14.1 Å². The van der Waals surface area contributed by atoms with Crippen LogP contribution in [-0.4, -0.2) is 60.3 Å². The van der Waals surface area contributed by atoms with Gasteiger partial charge in [-0.3, -0.25) is 4.79 Å². The fraction of sp³-hybridized carbons (Fsp3) is 0.667. The molecule has 20 heavy (non-hydrogen) atoms. The molecule has 0 aromatic carbocycles. The van der Waals surface area contributed by atoms with E-state index in [0.717, 1.165) is 25.8 Å². The van der Waals surface area contributed by atoms with Crippen molar-refractivity contribution >= 4 is 17.1 Å². The van der Waals surface area contributed by atoms with Crippen LogP contribution in [0.1, 0.15) is 21.1 Å². The van der Waals surface area contributed by atoms with E-state index in [0.29, 0.717) is 11.3 Å². The number of halogens is 3. The number of nitrogens with zero attached hydrogens (tertiary/aromatic N) is 3. The van der Waals surface area contributed by atoms with Gasteiger partial charge in [0, 0.05) is 38.3 Å². The Labute approximate surface area is 119 Å². The summed E-state index contributed by atoms with van der Waals surface area (Å²) in [4.78, 5) is 19.6. The Morgan fingerprint density at radius 3 is 2.75 bits per heavy atom. The second-order valence-electron chi connectivity index (χ2n) is 5.05. The zero-order valence-corrected chi connectivity index (χ0v) is 12.1. The van der Waals surface area contributed by atoms with Crippen molar-refractivity contribution in [1.29, 1.82) is 0 Å². The minimum absolute atomic E-state index is 0.0395. The first-order chi connectivity index (χ1) is 9.27. The Morgan fingerprint density at radius 1 is 1.45 bits per heavy atom. The van der Waals surface area contributed by atoms with E-state index in [1.165, 1.54) is 0 Å². The highest BCUT2D eigenvalue weighted by Gasteiger charge is 2.35. The van der Waals surface area contributed by atoms with Crippen molar-refractivity contribution in [2.45, 2.75) is 18.6 Å². The summed E-state index contributed by atoms with van der Waals surface area (Å²) in [5.74, 6) is -0.273. The lowest BCUT2D eigenvalue weighted by atomic mass is 10.1. The summed E-state index contributed by atoms with van der Waals surface area (Å²) >= 11 is 0.421. The van der Waals surface area contributed by atoms with Crippen LogP contribution < -0.4 is 0 Å². The first-order valence-corrected chi connectivity index (χ1v) is 7.04. The summed E-state index contributed by atoms with van der Waals surface area (Å²) in [6.45, 7) is 2.53. The lowest BCUT2D eigenvalue weighted by Crippen LogP contribution is -2.50. The Balaban J connectivity index is 2.03. The Kier molecular flexibility index (Phi) is 4.46. The van der Waals surface area contributed by atoms with Crippen LogP contribution in [0.15, 0.2) is 6.20 Å². The molecule has 0 N–H and O–H groups in total. The molecule has 8 heteroatoms. The molecule has 1 aromatic heterocycles. The highest BCUT2D eigenvalue weighted by atomic mass is 32.1. The molecule has 1 unspecified atom stereocenters. The number of carbonyl (C=O) groups is 1. The van der Waals surface area contributed by atoms with E-state index in [-0.39, 0.29) is 23.1 Å². The minimum Gasteiger partial charge on any atom is -0.304 e. The third-order valence-electron chi connectivity index (χ3n) is 3.42. The van der Waals surface area contributed by atoms with Gasteiger partial charge in [0.1, 0.15) is 0 Å². The molecule has 0 radical (unpaired) electrons. The summed E-state index contributed by atoms with van der Waals surface area (Å²) in [6, 6.07) is 0.0395. The van der Waals surface area contributed by atoms with E-state index < -0.39 is 11.2 Å². The van der Waals surface area contributed by atoms with Gasteiger partial charge in [-0.25, -0.2) is 4.98 Å². The van der Waals surface area contributed by atoms with Crippen molar-refractivity contribution < 1.29 is 18.0 Å². The average Bonchev–Trinajstić information content (AvgIpc) is 2.83. The predicted octanol–water partition coefficient (Wildman–Crippen LogP) is 1.98. The molecule has 1 aliphatic heterocycles. The van der Waals surface area contributed by atoms with Gasteiger partial charge in [0.25, 0.3) is 0 Å². The number of hydrogen-bond donors (Lipinski definition) is 0. The first-order valence-electron chi connectivity index (χ1n) is 6.22. The second kappa shape index (κ2) is 5.79. The average molecular weight is 307 g/mol. The molecule has 1 saturated heterocycles. The van der Waals surface area contributed by atoms with Crippen molar-refractivity contribution in [3.63, 3.8) is 0 Å². The number of carbonyl (C=O) groups excluding carboxylic acids is 1. The zero-order valence-electron chi connectivity index (χ0n) is 11.3. The molecule has 2 heterocycles. The largest absolute Gasteiger partial charge is 0.443 e. The van der Waals surface area contributed by atoms with Gasteiger partial charge in [0.15, 0.2) is 10.8 Å². The highest BCUT2D eigenvalue weighted by Crippen LogP contribution is 2.33. The van der Waals surface area contributed by atoms with Crippen molar-refractivity contribution in [1.82, 2.24) is 14.8 Å². The van der Waals surface area contributed by atoms with Gasteiger partial charge in [0.2, 0.25) is 0 Å². The van der Waals surface area contributed by atoms with Crippen LogP contribution in [0, 0.1) is 0 Å². The number of piperazine rings is 1. The number of ketones is 1. The fourth-order valence-electron chi connectivity index (χ4n) is 2.17. The molecule has 0 spiro atoms. The zero-order chi connectivity index (χ0) is 14.9. The normalized spacial score (nSPS) is 22.1. The molecular formula is C12H16F3N3OS. The summed E-state index contributed by atoms with van der Waals surface area (Å²) in [5.41, 5.74) is 0. The number of Topliss-reactive ketones (excluding diaryl/α,β-unsaturated/α-hetero) is 1. The lowest BCUT2D eigenvalue weighted by molar-refractivity contribution is -0.137. The highest BCUT2D eigenvalue weighted by molar-refractivity contribution is 7.13. The maximum Gasteiger partial charge on any atom is 0.443 e. The molecule has 0 amide bonds. The molecule has 2 rings (SSSR count). The maximum atomic E-state index is 12.5. The quantitative estimate of drug-likeness (QED) is 0.800. The lowest BCUT2D eigenvalue weighted by Gasteiger charge is -2.37. The van der Waals surface area contributed by atoms with Crippen LogP contribution in [0.3, 0.4) is 0 Å². The first kappa shape index (κ1) is 15.4. The predicted molar refractivity (Wildman–Crippen MR) is 70.0 cm³/mol. The SMILES string of the molecule is CN1CCN(C)C(CC(=O)c2cnc(C(F)(F)F)s2)C1. The molecule has 0 saturated carbocycles. The van der Waals surface area contributed by atoms with Crippen LogP contribution >= 0.6 is 11.3 Å². The molecule has 4 nitrogen and oxygen atoms in total. The minimum atomic E-state index is -4.48. The third-order valence-corrected chi connectivity index (χ3v) is 4.51. The topological polar surface area (TPSA) is 36.4 Å². The number of likely N-dealkylation sites (N-methyl/N-ethyl adjacent to an activating group) is 2. The number of thiazole rings is 1. The van der Waals surface area contributed by atoms with E-state index in [4.69, 9.17) is 0 Å². The molecule has 1 atom stereocenters. The molecular weight excluding hydrogens is 291 g/mol. The Morgan fingerprint density at radius 2 is 2.15 bits per heavy atom. The van der Waals surface area contributed by atoms with Crippen molar-refractivity contribution in [3.05, 3.63) is 16.1 Å². The second-order valence-corrected chi connectivity index (χ2v) is 6.08. The van der Waals surface area contributed by atoms with Gasteiger partial charge < -0.3 is 9.80 Å². The molecule has 0 aliphatic carbocycles. The summed E-state index contributed by atoms with van der Waals surface area (Å²) < 4.78 is 37.4. The van der Waals surface area contributed by atoms with Crippen molar-refractivity contribution in [2.75, 3.05) is 33.7 Å². The number of aromatic nitrogens is 1. The van der Waals surface area contributed by atoms with Gasteiger partial charge in [-0.05, 0) is 14.1 Å². The molecule has 1 aliphatic rings. The Bertz CT molecular complexity index is 489. The number of hydrogen-bond acceptors (Lipinski definition) is 5. The van der Waals surface area contributed by atoms with Crippen LogP contribution in [-0.2, 0) is 6.18 Å². The van der Waals surface area contributed by atoms with Gasteiger partial charge in [-0.15, -0.1) is 11.3 Å². The van der Waals surface area contributed by atoms with Crippen molar-refractivity contribution in [3.8, 4) is 0 Å². The summed E-state index contributed by atoms with van der Waals surface area (Å²) in [6.07, 6.45) is -3.23. The maximum absolute atomic E-state index is 12.5. The smallest absolute Gasteiger partial charge is 0.304 e. The third kappa shape index (κ3) is 3.56. The van der Waals surface area contributed by atoms with E-state index >= 15 is 0 Å². The molecule has 0 bridgehead atoms. The molecule has 1 fully saturated rings. The van der Waals surface area contributed by atoms with Crippen LogP contribution in [0.25, 0.3) is 0 Å². The monoisotopic (exact) mass is 307 g/mol. The van der Waals surface area contributed by atoms with E-state index in [2.05, 4.69) is 14.8 Å². The van der Waals surface area contributed by atoms with Crippen molar-refractivity contribution in [2.24, 2.45) is 0 Å². The number of alkyl halides is 3. The summed E-state index contributed by atoms with van der Waals surface area (Å²) in [7, 11) is 3.90. The van der Waals surface area contributed by atoms with Gasteiger partial charge in [-0.2, -0.15) is 13.2 Å². The van der Waals surface area contributed by atoms with Gasteiger partial charge >= 0.3 is 6.18 Å². The van der Waals surface area contributed by atoms with Gasteiger partial charge in [0.05, 0.1) is 4.88 Å². The van der Waals surface area contributed by atoms with Crippen LogP contribution in [0.4, 0.5) is 13.2 Å². The van der Waals surface area contributed by atoms with Crippen LogP contribution in [0.5, 0.6) is 0 Å². The molecule has 1 aromatic rings. The van der Waals surface area contributed by atoms with E-state index in [1.54, 1.807) is 0 Å². The fourth-order valence-corrected chi connectivity index (χ4v) is 2.90. The summed E-state index contributed by atoms with van der Waals surface area (Å²) in [5, 5.41) is -0.963. The van der Waals surface area contributed by atoms with Crippen LogP contribution in [0.2, 0.25) is 0 Å². The number of rotatable bonds is 3. The molecule has 112 valence electrons.